The van der Waals surface area contributed by atoms with Gasteiger partial charge in [0.15, 0.2) is 10.0 Å². The number of amides is 1. The molecule has 1 amide bonds. The van der Waals surface area contributed by atoms with Crippen LogP contribution in [0.25, 0.3) is 0 Å². The third kappa shape index (κ3) is 7.88. The average Bonchev–Trinajstić information content (AvgIpc) is 3.63. The first-order valence-corrected chi connectivity index (χ1v) is 13.3. The standard InChI is InChI=1S/C17H16N2OS.C12H7NO2S/c20-17(19-11-5-2-6-12-19)15-13-18-16(21-15)10-9-14-7-3-1-4-8-14;14-12(15)10-8-13-11(16-10)7-6-9-4-2-1-3-5-9/h1,3-4,7-8,13H,2,5-6,11-12H2;1-5,8H,(H,14,15). The summed E-state index contributed by atoms with van der Waals surface area (Å²) in [6.07, 6.45) is 6.40. The number of hydrogen-bond donors (Lipinski definition) is 1. The number of carboxylic acid groups (broad SMARTS) is 1. The molecule has 8 heteroatoms. The Kier molecular flexibility index (Phi) is 9.20. The van der Waals surface area contributed by atoms with Crippen LogP contribution in [0.4, 0.5) is 0 Å². The predicted octanol–water partition coefficient (Wildman–Crippen LogP) is 5.41. The van der Waals surface area contributed by atoms with Crippen LogP contribution in [-0.2, 0) is 0 Å². The molecule has 2 aromatic carbocycles. The Balaban J connectivity index is 0.000000180. The quantitative estimate of drug-likeness (QED) is 0.354. The van der Waals surface area contributed by atoms with Crippen LogP contribution in [0.15, 0.2) is 73.1 Å². The molecule has 1 aliphatic rings. The summed E-state index contributed by atoms with van der Waals surface area (Å²) in [5.41, 5.74) is 1.84. The molecule has 1 saturated heterocycles. The van der Waals surface area contributed by atoms with Gasteiger partial charge < -0.3 is 10.0 Å². The summed E-state index contributed by atoms with van der Waals surface area (Å²) in [4.78, 5) is 33.9. The lowest BCUT2D eigenvalue weighted by molar-refractivity contribution is 0.0699. The van der Waals surface area contributed by atoms with Crippen molar-refractivity contribution in [3.8, 4) is 23.7 Å². The maximum atomic E-state index is 12.3. The van der Waals surface area contributed by atoms with Crippen LogP contribution in [0.5, 0.6) is 0 Å². The van der Waals surface area contributed by atoms with E-state index in [-0.39, 0.29) is 10.8 Å². The zero-order chi connectivity index (χ0) is 25.9. The fraction of sp³-hybridized carbons (Fsp3) is 0.172. The molecule has 3 heterocycles. The molecule has 1 fully saturated rings. The van der Waals surface area contributed by atoms with E-state index in [0.717, 1.165) is 48.4 Å². The molecule has 0 aliphatic carbocycles. The zero-order valence-corrected chi connectivity index (χ0v) is 21.5. The highest BCUT2D eigenvalue weighted by atomic mass is 32.1. The van der Waals surface area contributed by atoms with Gasteiger partial charge in [0.2, 0.25) is 0 Å². The minimum atomic E-state index is -0.967. The second-order valence-electron chi connectivity index (χ2n) is 7.95. The molecule has 0 bridgehead atoms. The summed E-state index contributed by atoms with van der Waals surface area (Å²) >= 11 is 2.45. The van der Waals surface area contributed by atoms with Crippen molar-refractivity contribution in [3.05, 3.63) is 104 Å². The third-order valence-corrected chi connectivity index (χ3v) is 7.05. The third-order valence-electron chi connectivity index (χ3n) is 5.25. The Bertz CT molecular complexity index is 1470. The van der Waals surface area contributed by atoms with Crippen molar-refractivity contribution in [3.63, 3.8) is 0 Å². The number of thiazole rings is 2. The summed E-state index contributed by atoms with van der Waals surface area (Å²) in [5.74, 6) is 11.0. The first-order valence-electron chi connectivity index (χ1n) is 11.7. The van der Waals surface area contributed by atoms with E-state index in [1.165, 1.54) is 24.0 Å². The molecule has 37 heavy (non-hydrogen) atoms. The van der Waals surface area contributed by atoms with Crippen LogP contribution < -0.4 is 0 Å². The molecule has 1 N–H and O–H groups in total. The number of carbonyl (C=O) groups excluding carboxylic acids is 1. The van der Waals surface area contributed by atoms with Gasteiger partial charge in [-0.15, -0.1) is 11.3 Å². The van der Waals surface area contributed by atoms with Gasteiger partial charge in [-0.1, -0.05) is 59.6 Å². The number of piperidine rings is 1. The molecule has 0 saturated carbocycles. The van der Waals surface area contributed by atoms with E-state index >= 15 is 0 Å². The van der Waals surface area contributed by atoms with Gasteiger partial charge in [-0.05, 0) is 55.4 Å². The van der Waals surface area contributed by atoms with E-state index in [2.05, 4.69) is 33.6 Å². The predicted molar refractivity (Wildman–Crippen MR) is 146 cm³/mol. The van der Waals surface area contributed by atoms with Gasteiger partial charge in [0.1, 0.15) is 9.75 Å². The topological polar surface area (TPSA) is 83.4 Å². The van der Waals surface area contributed by atoms with Gasteiger partial charge in [0, 0.05) is 24.2 Å². The molecule has 2 aromatic heterocycles. The molecule has 4 aromatic rings. The molecule has 0 radical (unpaired) electrons. The smallest absolute Gasteiger partial charge is 0.347 e. The van der Waals surface area contributed by atoms with E-state index in [0.29, 0.717) is 14.9 Å². The van der Waals surface area contributed by atoms with Crippen molar-refractivity contribution in [2.45, 2.75) is 19.3 Å². The zero-order valence-electron chi connectivity index (χ0n) is 19.9. The number of nitrogens with zero attached hydrogens (tertiary/aromatic N) is 3. The van der Waals surface area contributed by atoms with Gasteiger partial charge in [0.05, 0.1) is 12.4 Å². The Morgan fingerprint density at radius 3 is 1.68 bits per heavy atom. The Morgan fingerprint density at radius 2 is 1.19 bits per heavy atom. The van der Waals surface area contributed by atoms with Gasteiger partial charge in [0.25, 0.3) is 5.91 Å². The normalized spacial score (nSPS) is 12.2. The first kappa shape index (κ1) is 25.8. The van der Waals surface area contributed by atoms with Crippen LogP contribution >= 0.6 is 22.7 Å². The molecular formula is C29H23N3O3S2. The Hall–Kier alpha value is -4.24. The number of hydrogen-bond acceptors (Lipinski definition) is 6. The van der Waals surface area contributed by atoms with Crippen molar-refractivity contribution in [2.24, 2.45) is 0 Å². The van der Waals surface area contributed by atoms with E-state index in [9.17, 15) is 9.59 Å². The monoisotopic (exact) mass is 525 g/mol. The van der Waals surface area contributed by atoms with Crippen molar-refractivity contribution in [1.82, 2.24) is 14.9 Å². The molecule has 0 spiro atoms. The van der Waals surface area contributed by atoms with Crippen LogP contribution in [0.3, 0.4) is 0 Å². The summed E-state index contributed by atoms with van der Waals surface area (Å²) in [7, 11) is 0. The van der Waals surface area contributed by atoms with Crippen molar-refractivity contribution in [1.29, 1.82) is 0 Å². The van der Waals surface area contributed by atoms with E-state index in [1.54, 1.807) is 6.20 Å². The maximum absolute atomic E-state index is 12.3. The van der Waals surface area contributed by atoms with Crippen molar-refractivity contribution < 1.29 is 14.7 Å². The molecule has 1 aliphatic heterocycles. The molecule has 5 rings (SSSR count). The molecule has 184 valence electrons. The molecule has 6 nitrogen and oxygen atoms in total. The number of rotatable bonds is 2. The second-order valence-corrected chi connectivity index (χ2v) is 10.0. The van der Waals surface area contributed by atoms with Crippen LogP contribution in [-0.4, -0.2) is 44.9 Å². The number of carbonyl (C=O) groups is 2. The average molecular weight is 526 g/mol. The fourth-order valence-electron chi connectivity index (χ4n) is 3.41. The maximum Gasteiger partial charge on any atom is 0.347 e. The van der Waals surface area contributed by atoms with E-state index in [4.69, 9.17) is 5.11 Å². The summed E-state index contributed by atoms with van der Waals surface area (Å²) in [6.45, 7) is 1.73. The van der Waals surface area contributed by atoms with Gasteiger partial charge in [-0.3, -0.25) is 4.79 Å². The van der Waals surface area contributed by atoms with E-state index < -0.39 is 5.97 Å². The lowest BCUT2D eigenvalue weighted by Gasteiger charge is -2.25. The minimum Gasteiger partial charge on any atom is -0.477 e. The Labute approximate surface area is 223 Å². The number of aromatic carboxylic acids is 1. The van der Waals surface area contributed by atoms with Crippen LogP contribution in [0, 0.1) is 23.7 Å². The summed E-state index contributed by atoms with van der Waals surface area (Å²) in [5, 5.41) is 9.91. The highest BCUT2D eigenvalue weighted by Gasteiger charge is 2.20. The van der Waals surface area contributed by atoms with Gasteiger partial charge in [-0.25, -0.2) is 14.8 Å². The highest BCUT2D eigenvalue weighted by molar-refractivity contribution is 7.14. The number of benzene rings is 2. The van der Waals surface area contributed by atoms with E-state index in [1.807, 2.05) is 65.6 Å². The van der Waals surface area contributed by atoms with Crippen LogP contribution in [0.1, 0.15) is 59.7 Å². The summed E-state index contributed by atoms with van der Waals surface area (Å²) in [6, 6.07) is 19.3. The lowest BCUT2D eigenvalue weighted by Crippen LogP contribution is -2.35. The molecule has 0 atom stereocenters. The molecule has 0 unspecified atom stereocenters. The summed E-state index contributed by atoms with van der Waals surface area (Å²) < 4.78 is 0. The van der Waals surface area contributed by atoms with Crippen molar-refractivity contribution in [2.75, 3.05) is 13.1 Å². The number of aromatic nitrogens is 2. The lowest BCUT2D eigenvalue weighted by atomic mass is 10.1. The first-order chi connectivity index (χ1) is 18.1. The van der Waals surface area contributed by atoms with Gasteiger partial charge in [-0.2, -0.15) is 0 Å². The SMILES string of the molecule is O=C(O)c1cnc(C#Cc2ccccc2)s1.O=C(c1cnc(C#Cc2ccccc2)s1)N1CCCCC1. The minimum absolute atomic E-state index is 0.0972. The largest absolute Gasteiger partial charge is 0.477 e. The van der Waals surface area contributed by atoms with Crippen molar-refractivity contribution >= 4 is 34.6 Å². The highest BCUT2D eigenvalue weighted by Crippen LogP contribution is 2.18. The number of likely N-dealkylation sites (tertiary alicyclic amines) is 1. The Morgan fingerprint density at radius 1 is 0.703 bits per heavy atom. The van der Waals surface area contributed by atoms with Gasteiger partial charge >= 0.3 is 5.97 Å². The molecular weight excluding hydrogens is 502 g/mol. The fourth-order valence-corrected chi connectivity index (χ4v) is 4.75. The van der Waals surface area contributed by atoms with Crippen LogP contribution in [0.2, 0.25) is 0 Å². The second kappa shape index (κ2) is 13.2. The number of carboxylic acids is 1.